The maximum Gasteiger partial charge on any atom is 0.333 e. The average molecular weight is 430 g/mol. The summed E-state index contributed by atoms with van der Waals surface area (Å²) >= 11 is 5.82. The predicted octanol–water partition coefficient (Wildman–Crippen LogP) is 2.88. The molecule has 148 valence electrons. The highest BCUT2D eigenvalue weighted by Gasteiger charge is 2.40. The van der Waals surface area contributed by atoms with Gasteiger partial charge in [-0.25, -0.2) is 26.9 Å². The normalized spacial score (nSPS) is 15.8. The Balaban J connectivity index is 2.05. The van der Waals surface area contributed by atoms with Gasteiger partial charge in [-0.15, -0.1) is 0 Å². The fourth-order valence-electron chi connectivity index (χ4n) is 2.64. The second-order valence-electron chi connectivity index (χ2n) is 6.01. The zero-order valence-electron chi connectivity index (χ0n) is 14.5. The van der Waals surface area contributed by atoms with Crippen molar-refractivity contribution < 1.29 is 26.8 Å². The van der Waals surface area contributed by atoms with Crippen molar-refractivity contribution in [1.29, 1.82) is 0 Å². The topological polar surface area (TPSA) is 78.0 Å². The Morgan fingerprint density at radius 3 is 2.14 bits per heavy atom. The van der Waals surface area contributed by atoms with Gasteiger partial charge >= 0.3 is 6.03 Å². The summed E-state index contributed by atoms with van der Waals surface area (Å²) in [7, 11) is -3.84. The van der Waals surface area contributed by atoms with E-state index in [0.29, 0.717) is 9.92 Å². The monoisotopic (exact) mass is 429 g/mol. The fourth-order valence-corrected chi connectivity index (χ4v) is 3.41. The Morgan fingerprint density at radius 2 is 1.61 bits per heavy atom. The summed E-state index contributed by atoms with van der Waals surface area (Å²) in [5.74, 6) is -3.60. The van der Waals surface area contributed by atoms with E-state index >= 15 is 0 Å². The minimum Gasteiger partial charge on any atom is -0.279 e. The van der Waals surface area contributed by atoms with Crippen molar-refractivity contribution in [2.24, 2.45) is 0 Å². The highest BCUT2D eigenvalue weighted by molar-refractivity contribution is 7.88. The summed E-state index contributed by atoms with van der Waals surface area (Å²) in [5.41, 5.74) is -0.684. The van der Waals surface area contributed by atoms with Crippen molar-refractivity contribution >= 4 is 39.2 Å². The third-order valence-corrected chi connectivity index (χ3v) is 5.51. The van der Waals surface area contributed by atoms with Crippen LogP contribution >= 0.6 is 11.6 Å². The van der Waals surface area contributed by atoms with Crippen LogP contribution in [0.15, 0.2) is 42.5 Å². The quantitative estimate of drug-likeness (QED) is 0.751. The van der Waals surface area contributed by atoms with Gasteiger partial charge in [-0.05, 0) is 36.4 Å². The van der Waals surface area contributed by atoms with E-state index in [1.165, 1.54) is 24.3 Å². The molecule has 0 bridgehead atoms. The van der Waals surface area contributed by atoms with Crippen LogP contribution in [0, 0.1) is 11.6 Å². The molecule has 0 radical (unpaired) electrons. The number of carbonyl (C=O) groups excluding carboxylic acids is 2. The van der Waals surface area contributed by atoms with Crippen LogP contribution in [-0.2, 0) is 10.0 Å². The van der Waals surface area contributed by atoms with Gasteiger partial charge in [0, 0.05) is 10.7 Å². The summed E-state index contributed by atoms with van der Waals surface area (Å²) < 4.78 is 53.0. The number of benzene rings is 2. The third-order valence-electron chi connectivity index (χ3n) is 4.09. The molecular weight excluding hydrogens is 416 g/mol. The van der Waals surface area contributed by atoms with E-state index in [1.54, 1.807) is 0 Å². The lowest BCUT2D eigenvalue weighted by molar-refractivity contribution is 0.0722. The molecule has 0 aliphatic carbocycles. The molecule has 7 nitrogen and oxygen atoms in total. The molecule has 1 saturated heterocycles. The summed E-state index contributed by atoms with van der Waals surface area (Å²) in [4.78, 5) is 27.0. The number of hydrogen-bond acceptors (Lipinski definition) is 4. The average Bonchev–Trinajstić information content (AvgIpc) is 2.61. The number of sulfonamides is 1. The standard InChI is InChI=1S/C17H14ClF2N3O4S/c1-28(26,27)21-9-22(12-7-5-11(18)6-8-12)17(25)23(10-21)16(24)15-13(19)3-2-4-14(15)20/h2-8H,9-10H2,1H3. The van der Waals surface area contributed by atoms with Crippen molar-refractivity contribution in [1.82, 2.24) is 9.21 Å². The molecule has 2 aromatic rings. The van der Waals surface area contributed by atoms with Gasteiger partial charge in [-0.1, -0.05) is 17.7 Å². The highest BCUT2D eigenvalue weighted by atomic mass is 35.5. The SMILES string of the molecule is CS(=O)(=O)N1CN(C(=O)c2c(F)cccc2F)C(=O)N(c2ccc(Cl)cc2)C1. The second-order valence-corrected chi connectivity index (χ2v) is 8.43. The Morgan fingerprint density at radius 1 is 1.04 bits per heavy atom. The molecule has 0 unspecified atom stereocenters. The number of nitrogens with zero attached hydrogens (tertiary/aromatic N) is 3. The molecule has 0 spiro atoms. The van der Waals surface area contributed by atoms with E-state index in [2.05, 4.69) is 0 Å². The largest absolute Gasteiger partial charge is 0.333 e. The first-order valence-corrected chi connectivity index (χ1v) is 10.1. The van der Waals surface area contributed by atoms with Gasteiger partial charge in [0.25, 0.3) is 5.91 Å². The Hall–Kier alpha value is -2.56. The number of hydrogen-bond donors (Lipinski definition) is 0. The second kappa shape index (κ2) is 7.46. The summed E-state index contributed by atoms with van der Waals surface area (Å²) in [6.07, 6.45) is 0.898. The van der Waals surface area contributed by atoms with Gasteiger partial charge < -0.3 is 0 Å². The minimum absolute atomic E-state index is 0.259. The number of rotatable bonds is 3. The van der Waals surface area contributed by atoms with Crippen LogP contribution in [0.3, 0.4) is 0 Å². The molecule has 0 saturated carbocycles. The third kappa shape index (κ3) is 3.84. The van der Waals surface area contributed by atoms with Crippen molar-refractivity contribution in [2.75, 3.05) is 24.5 Å². The number of carbonyl (C=O) groups is 2. The number of amides is 3. The lowest BCUT2D eigenvalue weighted by Crippen LogP contribution is -2.61. The first-order valence-electron chi connectivity index (χ1n) is 7.87. The molecule has 0 aromatic heterocycles. The zero-order chi connectivity index (χ0) is 20.6. The van der Waals surface area contributed by atoms with Crippen LogP contribution < -0.4 is 4.90 Å². The lowest BCUT2D eigenvalue weighted by atomic mass is 10.1. The van der Waals surface area contributed by atoms with E-state index in [9.17, 15) is 26.8 Å². The molecule has 0 atom stereocenters. The highest BCUT2D eigenvalue weighted by Crippen LogP contribution is 2.25. The van der Waals surface area contributed by atoms with Crippen molar-refractivity contribution in [3.8, 4) is 0 Å². The Labute approximate surface area is 164 Å². The van der Waals surface area contributed by atoms with Crippen LogP contribution in [0.5, 0.6) is 0 Å². The van der Waals surface area contributed by atoms with Gasteiger partial charge in [0.1, 0.15) is 17.2 Å². The maximum atomic E-state index is 14.0. The fraction of sp³-hybridized carbons (Fsp3) is 0.176. The van der Waals surface area contributed by atoms with E-state index in [1.807, 2.05) is 0 Å². The number of halogens is 3. The molecule has 2 aromatic carbocycles. The van der Waals surface area contributed by atoms with E-state index in [0.717, 1.165) is 33.7 Å². The first kappa shape index (κ1) is 20.2. The van der Waals surface area contributed by atoms with Crippen molar-refractivity contribution in [2.45, 2.75) is 0 Å². The van der Waals surface area contributed by atoms with Gasteiger partial charge in [0.2, 0.25) is 10.0 Å². The minimum atomic E-state index is -3.84. The lowest BCUT2D eigenvalue weighted by Gasteiger charge is -2.39. The maximum absolute atomic E-state index is 14.0. The molecule has 3 amide bonds. The van der Waals surface area contributed by atoms with Gasteiger partial charge in [-0.3, -0.25) is 9.69 Å². The van der Waals surface area contributed by atoms with E-state index in [-0.39, 0.29) is 12.4 Å². The molecule has 1 aliphatic heterocycles. The van der Waals surface area contributed by atoms with E-state index < -0.39 is 45.8 Å². The molecule has 0 N–H and O–H groups in total. The Bertz CT molecular complexity index is 1030. The summed E-state index contributed by atoms with van der Waals surface area (Å²) in [6.45, 7) is -1.04. The van der Waals surface area contributed by atoms with Gasteiger partial charge in [0.05, 0.1) is 19.6 Å². The van der Waals surface area contributed by atoms with Gasteiger partial charge in [0.15, 0.2) is 0 Å². The predicted molar refractivity (Wildman–Crippen MR) is 98.3 cm³/mol. The molecule has 1 aliphatic rings. The van der Waals surface area contributed by atoms with Gasteiger partial charge in [-0.2, -0.15) is 4.31 Å². The van der Waals surface area contributed by atoms with Crippen LogP contribution in [0.2, 0.25) is 5.02 Å². The number of anilines is 1. The van der Waals surface area contributed by atoms with Crippen LogP contribution in [0.1, 0.15) is 10.4 Å². The smallest absolute Gasteiger partial charge is 0.279 e. The van der Waals surface area contributed by atoms with Crippen LogP contribution in [0.25, 0.3) is 0 Å². The number of imide groups is 1. The molecular formula is C17H14ClF2N3O4S. The number of urea groups is 1. The molecule has 3 rings (SSSR count). The van der Waals surface area contributed by atoms with Crippen LogP contribution in [0.4, 0.5) is 19.3 Å². The van der Waals surface area contributed by atoms with E-state index in [4.69, 9.17) is 11.6 Å². The van der Waals surface area contributed by atoms with Crippen molar-refractivity contribution in [3.05, 3.63) is 64.7 Å². The summed E-state index contributed by atoms with van der Waals surface area (Å²) in [5, 5.41) is 0.384. The zero-order valence-corrected chi connectivity index (χ0v) is 16.0. The Kier molecular flexibility index (Phi) is 5.37. The molecule has 28 heavy (non-hydrogen) atoms. The van der Waals surface area contributed by atoms with Crippen molar-refractivity contribution in [3.63, 3.8) is 0 Å². The first-order chi connectivity index (χ1) is 13.1. The molecule has 1 fully saturated rings. The molecule has 1 heterocycles. The van der Waals surface area contributed by atoms with Crippen LogP contribution in [-0.4, -0.2) is 49.2 Å². The summed E-state index contributed by atoms with van der Waals surface area (Å²) in [6, 6.07) is 7.76. The molecule has 11 heteroatoms.